The summed E-state index contributed by atoms with van der Waals surface area (Å²) in [5.41, 5.74) is 1.80. The highest BCUT2D eigenvalue weighted by atomic mass is 35.5. The molecular formula is C16H22ClNOS. The normalized spacial score (nSPS) is 17.8. The summed E-state index contributed by atoms with van der Waals surface area (Å²) in [4.78, 5) is 12.2. The van der Waals surface area contributed by atoms with Crippen LogP contribution in [0.2, 0.25) is 5.02 Å². The van der Waals surface area contributed by atoms with Crippen molar-refractivity contribution < 1.29 is 4.79 Å². The van der Waals surface area contributed by atoms with Crippen LogP contribution >= 0.6 is 23.4 Å². The van der Waals surface area contributed by atoms with E-state index in [1.165, 1.54) is 32.1 Å². The smallest absolute Gasteiger partial charge is 0.237 e. The Balaban J connectivity index is 1.88. The van der Waals surface area contributed by atoms with Gasteiger partial charge in [0, 0.05) is 16.0 Å². The third-order valence-corrected chi connectivity index (χ3v) is 5.64. The molecule has 0 bridgehead atoms. The summed E-state index contributed by atoms with van der Waals surface area (Å²) in [6.07, 6.45) is 6.45. The number of aryl methyl sites for hydroxylation is 1. The second-order valence-corrected chi connectivity index (χ2v) is 7.54. The minimum atomic E-state index is -0.0156. The number of hydrogen-bond acceptors (Lipinski definition) is 2. The second kappa shape index (κ2) is 7.37. The lowest BCUT2D eigenvalue weighted by atomic mass is 10.0. The zero-order valence-corrected chi connectivity index (χ0v) is 13.7. The summed E-state index contributed by atoms with van der Waals surface area (Å²) in [7, 11) is 0. The molecule has 0 aliphatic heterocycles. The quantitative estimate of drug-likeness (QED) is 0.844. The number of thioether (sulfide) groups is 1. The molecule has 1 saturated carbocycles. The van der Waals surface area contributed by atoms with Gasteiger partial charge in [-0.25, -0.2) is 0 Å². The molecular weight excluding hydrogens is 290 g/mol. The van der Waals surface area contributed by atoms with Crippen molar-refractivity contribution in [3.05, 3.63) is 28.8 Å². The molecule has 1 fully saturated rings. The number of halogens is 1. The molecule has 2 nitrogen and oxygen atoms in total. The third-order valence-electron chi connectivity index (χ3n) is 3.76. The fourth-order valence-electron chi connectivity index (χ4n) is 2.47. The van der Waals surface area contributed by atoms with E-state index in [1.54, 1.807) is 0 Å². The van der Waals surface area contributed by atoms with Gasteiger partial charge < -0.3 is 5.32 Å². The van der Waals surface area contributed by atoms with Gasteiger partial charge in [0.05, 0.1) is 5.25 Å². The van der Waals surface area contributed by atoms with E-state index in [2.05, 4.69) is 5.32 Å². The lowest BCUT2D eigenvalue weighted by molar-refractivity contribution is -0.115. The van der Waals surface area contributed by atoms with Crippen LogP contribution in [0.4, 0.5) is 5.69 Å². The van der Waals surface area contributed by atoms with Gasteiger partial charge in [-0.3, -0.25) is 4.79 Å². The summed E-state index contributed by atoms with van der Waals surface area (Å²) in [6.45, 7) is 3.94. The average molecular weight is 312 g/mol. The van der Waals surface area contributed by atoms with E-state index in [-0.39, 0.29) is 11.2 Å². The highest BCUT2D eigenvalue weighted by molar-refractivity contribution is 8.01. The Morgan fingerprint density at radius 2 is 2.05 bits per heavy atom. The number of hydrogen-bond donors (Lipinski definition) is 1. The fourth-order valence-corrected chi connectivity index (χ4v) is 4.01. The van der Waals surface area contributed by atoms with E-state index in [0.717, 1.165) is 11.3 Å². The van der Waals surface area contributed by atoms with Gasteiger partial charge in [0.2, 0.25) is 5.91 Å². The molecule has 1 aromatic carbocycles. The Hall–Kier alpha value is -0.670. The third kappa shape index (κ3) is 4.42. The molecule has 1 aliphatic rings. The van der Waals surface area contributed by atoms with Gasteiger partial charge in [0.25, 0.3) is 0 Å². The minimum Gasteiger partial charge on any atom is -0.325 e. The molecule has 1 amide bonds. The summed E-state index contributed by atoms with van der Waals surface area (Å²) < 4.78 is 0. The van der Waals surface area contributed by atoms with Crippen LogP contribution in [0, 0.1) is 6.92 Å². The van der Waals surface area contributed by atoms with Crippen LogP contribution in [0.15, 0.2) is 18.2 Å². The van der Waals surface area contributed by atoms with Crippen molar-refractivity contribution in [2.24, 2.45) is 0 Å². The van der Waals surface area contributed by atoms with Gasteiger partial charge in [-0.05, 0) is 44.4 Å². The molecule has 1 aliphatic carbocycles. The topological polar surface area (TPSA) is 29.1 Å². The molecule has 0 heterocycles. The number of amides is 1. The summed E-state index contributed by atoms with van der Waals surface area (Å²) in [5.74, 6) is 0.0699. The Bertz CT molecular complexity index is 472. The van der Waals surface area contributed by atoms with Crippen molar-refractivity contribution in [1.82, 2.24) is 0 Å². The van der Waals surface area contributed by atoms with E-state index in [9.17, 15) is 4.79 Å². The Kier molecular flexibility index (Phi) is 5.79. The van der Waals surface area contributed by atoms with Crippen molar-refractivity contribution in [2.45, 2.75) is 56.5 Å². The largest absolute Gasteiger partial charge is 0.325 e. The summed E-state index contributed by atoms with van der Waals surface area (Å²) in [6, 6.07) is 5.64. The number of rotatable bonds is 4. The van der Waals surface area contributed by atoms with E-state index in [1.807, 2.05) is 43.8 Å². The maximum Gasteiger partial charge on any atom is 0.237 e. The van der Waals surface area contributed by atoms with Gasteiger partial charge in [0.15, 0.2) is 0 Å². The van der Waals surface area contributed by atoms with Gasteiger partial charge in [-0.1, -0.05) is 36.9 Å². The van der Waals surface area contributed by atoms with Gasteiger partial charge in [0.1, 0.15) is 0 Å². The average Bonchev–Trinajstić information content (AvgIpc) is 2.44. The van der Waals surface area contributed by atoms with E-state index < -0.39 is 0 Å². The lowest BCUT2D eigenvalue weighted by Gasteiger charge is -2.23. The molecule has 2 rings (SSSR count). The molecule has 0 radical (unpaired) electrons. The maximum absolute atomic E-state index is 12.2. The molecule has 1 aromatic rings. The Labute approximate surface area is 130 Å². The zero-order chi connectivity index (χ0) is 14.5. The number of carbonyl (C=O) groups excluding carboxylic acids is 1. The maximum atomic E-state index is 12.2. The molecule has 1 N–H and O–H groups in total. The number of nitrogens with one attached hydrogen (secondary N) is 1. The number of anilines is 1. The van der Waals surface area contributed by atoms with Crippen LogP contribution < -0.4 is 5.32 Å². The molecule has 0 aromatic heterocycles. The highest BCUT2D eigenvalue weighted by Gasteiger charge is 2.21. The first-order valence-electron chi connectivity index (χ1n) is 7.29. The van der Waals surface area contributed by atoms with Crippen LogP contribution in [-0.2, 0) is 4.79 Å². The molecule has 0 saturated heterocycles. The van der Waals surface area contributed by atoms with Crippen molar-refractivity contribution in [1.29, 1.82) is 0 Å². The lowest BCUT2D eigenvalue weighted by Crippen LogP contribution is -2.25. The highest BCUT2D eigenvalue weighted by Crippen LogP contribution is 2.31. The predicted molar refractivity (Wildman–Crippen MR) is 88.7 cm³/mol. The summed E-state index contributed by atoms with van der Waals surface area (Å²) in [5, 5.41) is 4.27. The molecule has 4 heteroatoms. The molecule has 0 spiro atoms. The number of carbonyl (C=O) groups is 1. The summed E-state index contributed by atoms with van der Waals surface area (Å²) >= 11 is 7.89. The van der Waals surface area contributed by atoms with Crippen LogP contribution in [0.5, 0.6) is 0 Å². The number of benzene rings is 1. The first kappa shape index (κ1) is 15.7. The van der Waals surface area contributed by atoms with Gasteiger partial charge in [-0.15, -0.1) is 11.8 Å². The molecule has 1 atom stereocenters. The van der Waals surface area contributed by atoms with Crippen molar-refractivity contribution in [2.75, 3.05) is 5.32 Å². The van der Waals surface area contributed by atoms with Gasteiger partial charge in [-0.2, -0.15) is 0 Å². The monoisotopic (exact) mass is 311 g/mol. The van der Waals surface area contributed by atoms with Gasteiger partial charge >= 0.3 is 0 Å². The SMILES string of the molecule is Cc1ccc(NC(=O)C(C)SC2CCCCC2)cc1Cl. The van der Waals surface area contributed by atoms with E-state index in [4.69, 9.17) is 11.6 Å². The van der Waals surface area contributed by atoms with Crippen LogP contribution in [0.1, 0.15) is 44.6 Å². The second-order valence-electron chi connectivity index (χ2n) is 5.49. The van der Waals surface area contributed by atoms with Crippen LogP contribution in [-0.4, -0.2) is 16.4 Å². The van der Waals surface area contributed by atoms with E-state index >= 15 is 0 Å². The molecule has 1 unspecified atom stereocenters. The minimum absolute atomic E-state index is 0.0156. The first-order valence-corrected chi connectivity index (χ1v) is 8.61. The van der Waals surface area contributed by atoms with Crippen LogP contribution in [0.25, 0.3) is 0 Å². The fraction of sp³-hybridized carbons (Fsp3) is 0.562. The standard InChI is InChI=1S/C16H22ClNOS/c1-11-8-9-13(10-15(11)17)18-16(19)12(2)20-14-6-4-3-5-7-14/h8-10,12,14H,3-7H2,1-2H3,(H,18,19). The Morgan fingerprint density at radius 1 is 1.35 bits per heavy atom. The van der Waals surface area contributed by atoms with Crippen molar-refractivity contribution in [3.8, 4) is 0 Å². The van der Waals surface area contributed by atoms with Crippen molar-refractivity contribution >= 4 is 35.0 Å². The zero-order valence-electron chi connectivity index (χ0n) is 12.1. The molecule has 110 valence electrons. The first-order chi connectivity index (χ1) is 9.56. The van der Waals surface area contributed by atoms with E-state index in [0.29, 0.717) is 10.3 Å². The van der Waals surface area contributed by atoms with Crippen LogP contribution in [0.3, 0.4) is 0 Å². The Morgan fingerprint density at radius 3 is 2.70 bits per heavy atom. The molecule has 20 heavy (non-hydrogen) atoms. The van der Waals surface area contributed by atoms with Crippen molar-refractivity contribution in [3.63, 3.8) is 0 Å². The predicted octanol–water partition coefficient (Wildman–Crippen LogP) is 5.04.